The van der Waals surface area contributed by atoms with E-state index in [0.29, 0.717) is 28.1 Å². The van der Waals surface area contributed by atoms with Gasteiger partial charge in [-0.2, -0.15) is 5.10 Å². The van der Waals surface area contributed by atoms with Gasteiger partial charge in [0.25, 0.3) is 5.91 Å². The molecule has 9 nitrogen and oxygen atoms in total. The summed E-state index contributed by atoms with van der Waals surface area (Å²) in [5.74, 6) is -1.34. The van der Waals surface area contributed by atoms with Gasteiger partial charge in [-0.25, -0.2) is 10.2 Å². The number of esters is 1. The van der Waals surface area contributed by atoms with Crippen molar-refractivity contribution in [1.82, 2.24) is 5.43 Å². The number of hydrogen-bond donors (Lipinski definition) is 3. The first-order valence-electron chi connectivity index (χ1n) is 10.2. The van der Waals surface area contributed by atoms with Crippen molar-refractivity contribution in [3.63, 3.8) is 0 Å². The van der Waals surface area contributed by atoms with Gasteiger partial charge in [0.15, 0.2) is 0 Å². The highest BCUT2D eigenvalue weighted by Crippen LogP contribution is 2.23. The van der Waals surface area contributed by atoms with Gasteiger partial charge in [0.1, 0.15) is 5.75 Å². The van der Waals surface area contributed by atoms with Crippen LogP contribution in [0.5, 0.6) is 5.75 Å². The number of hydrogen-bond acceptors (Lipinski definition) is 6. The predicted octanol–water partition coefficient (Wildman–Crippen LogP) is 3.59. The zero-order valence-corrected chi connectivity index (χ0v) is 18.5. The molecule has 0 saturated carbocycles. The third kappa shape index (κ3) is 6.86. The topological polar surface area (TPSA) is 126 Å². The van der Waals surface area contributed by atoms with Crippen molar-refractivity contribution >= 4 is 41.3 Å². The molecule has 0 spiro atoms. The number of nitrogens with zero attached hydrogens (tertiary/aromatic N) is 1. The van der Waals surface area contributed by atoms with Gasteiger partial charge in [-0.05, 0) is 54.6 Å². The lowest BCUT2D eigenvalue weighted by atomic mass is 10.2. The molecule has 3 amide bonds. The second-order valence-electron chi connectivity index (χ2n) is 7.15. The number of amides is 3. The van der Waals surface area contributed by atoms with E-state index in [9.17, 15) is 19.2 Å². The minimum atomic E-state index is -0.564. The molecule has 0 aliphatic rings. The number of hydrazone groups is 1. The lowest BCUT2D eigenvalue weighted by Gasteiger charge is -2.10. The largest absolute Gasteiger partial charge is 0.422 e. The predicted molar refractivity (Wildman–Crippen MR) is 128 cm³/mol. The van der Waals surface area contributed by atoms with Crippen LogP contribution >= 0.6 is 0 Å². The van der Waals surface area contributed by atoms with Gasteiger partial charge in [-0.15, -0.1) is 0 Å². The van der Waals surface area contributed by atoms with Crippen molar-refractivity contribution in [3.05, 3.63) is 89.5 Å². The molecule has 3 rings (SSSR count). The highest BCUT2D eigenvalue weighted by atomic mass is 16.5. The molecule has 172 valence electrons. The third-order valence-electron chi connectivity index (χ3n) is 4.38. The van der Waals surface area contributed by atoms with Crippen molar-refractivity contribution in [2.75, 3.05) is 10.6 Å². The Labute approximate surface area is 195 Å². The van der Waals surface area contributed by atoms with Gasteiger partial charge >= 0.3 is 5.97 Å². The third-order valence-corrected chi connectivity index (χ3v) is 4.38. The molecular formula is C25H22N4O5. The molecule has 0 saturated heterocycles. The maximum absolute atomic E-state index is 12.5. The number of ether oxygens (including phenoxy) is 1. The van der Waals surface area contributed by atoms with Gasteiger partial charge in [0, 0.05) is 36.3 Å². The molecule has 0 aromatic heterocycles. The fraction of sp³-hybridized carbons (Fsp3) is 0.0800. The molecule has 9 heteroatoms. The van der Waals surface area contributed by atoms with Crippen LogP contribution in [0.15, 0.2) is 77.9 Å². The van der Waals surface area contributed by atoms with Crippen LogP contribution in [0.4, 0.5) is 11.4 Å². The van der Waals surface area contributed by atoms with E-state index >= 15 is 0 Å². The Bertz CT molecular complexity index is 1240. The molecule has 0 fully saturated rings. The lowest BCUT2D eigenvalue weighted by Crippen LogP contribution is -2.18. The number of benzene rings is 3. The Morgan fingerprint density at radius 3 is 2.03 bits per heavy atom. The van der Waals surface area contributed by atoms with E-state index in [2.05, 4.69) is 21.2 Å². The smallest absolute Gasteiger partial charge is 0.343 e. The summed E-state index contributed by atoms with van der Waals surface area (Å²) in [6, 6.07) is 19.4. The fourth-order valence-corrected chi connectivity index (χ4v) is 2.89. The van der Waals surface area contributed by atoms with Crippen LogP contribution in [0, 0.1) is 0 Å². The molecule has 0 unspecified atom stereocenters. The summed E-state index contributed by atoms with van der Waals surface area (Å²) < 4.78 is 5.49. The molecule has 0 bridgehead atoms. The van der Waals surface area contributed by atoms with Crippen LogP contribution in [0.2, 0.25) is 0 Å². The van der Waals surface area contributed by atoms with Gasteiger partial charge in [0.2, 0.25) is 11.8 Å². The van der Waals surface area contributed by atoms with Crippen LogP contribution in [0.1, 0.15) is 40.1 Å². The number of carbonyl (C=O) groups is 4. The Hall–Kier alpha value is -4.79. The Morgan fingerprint density at radius 1 is 0.765 bits per heavy atom. The maximum atomic E-state index is 12.5. The van der Waals surface area contributed by atoms with Crippen molar-refractivity contribution in [1.29, 1.82) is 0 Å². The quantitative estimate of drug-likeness (QED) is 0.216. The number of carbonyl (C=O) groups excluding carboxylic acids is 4. The van der Waals surface area contributed by atoms with E-state index in [0.717, 1.165) is 0 Å². The molecule has 3 aromatic rings. The van der Waals surface area contributed by atoms with Gasteiger partial charge in [-0.3, -0.25) is 14.4 Å². The van der Waals surface area contributed by atoms with Gasteiger partial charge in [-0.1, -0.05) is 18.2 Å². The van der Waals surface area contributed by atoms with Crippen LogP contribution in [-0.4, -0.2) is 29.9 Å². The number of rotatable bonds is 7. The van der Waals surface area contributed by atoms with Crippen molar-refractivity contribution < 1.29 is 23.9 Å². The molecular weight excluding hydrogens is 436 g/mol. The fourth-order valence-electron chi connectivity index (χ4n) is 2.89. The van der Waals surface area contributed by atoms with Gasteiger partial charge in [0.05, 0.1) is 11.8 Å². The molecule has 0 aliphatic carbocycles. The van der Waals surface area contributed by atoms with Crippen LogP contribution in [0.3, 0.4) is 0 Å². The van der Waals surface area contributed by atoms with E-state index < -0.39 is 11.9 Å². The average molecular weight is 458 g/mol. The first-order chi connectivity index (χ1) is 16.3. The monoisotopic (exact) mass is 458 g/mol. The summed E-state index contributed by atoms with van der Waals surface area (Å²) in [7, 11) is 0. The molecule has 0 radical (unpaired) electrons. The van der Waals surface area contributed by atoms with Crippen LogP contribution in [0.25, 0.3) is 0 Å². The molecule has 0 atom stereocenters. The van der Waals surface area contributed by atoms with Crippen molar-refractivity contribution in [2.45, 2.75) is 13.8 Å². The highest BCUT2D eigenvalue weighted by molar-refractivity contribution is 5.97. The van der Waals surface area contributed by atoms with E-state index in [-0.39, 0.29) is 17.6 Å². The Morgan fingerprint density at radius 2 is 1.38 bits per heavy atom. The van der Waals surface area contributed by atoms with Gasteiger partial charge < -0.3 is 15.4 Å². The lowest BCUT2D eigenvalue weighted by molar-refractivity contribution is -0.115. The summed E-state index contributed by atoms with van der Waals surface area (Å²) in [6.45, 7) is 2.76. The second kappa shape index (κ2) is 11.2. The zero-order valence-electron chi connectivity index (χ0n) is 18.5. The van der Waals surface area contributed by atoms with E-state index in [4.69, 9.17) is 4.74 Å². The standard InChI is InChI=1S/C25H22N4O5/c1-16(30)27-21-10-8-18(9-11-21)24(32)29-26-15-20-14-22(28-17(2)31)12-13-23(20)34-25(33)19-6-4-3-5-7-19/h3-15H,1-2H3,(H,27,30)(H,28,31)(H,29,32)/b26-15+. The first kappa shape index (κ1) is 23.9. The minimum Gasteiger partial charge on any atom is -0.422 e. The maximum Gasteiger partial charge on any atom is 0.343 e. The van der Waals surface area contributed by atoms with Crippen molar-refractivity contribution in [2.24, 2.45) is 5.10 Å². The molecule has 34 heavy (non-hydrogen) atoms. The summed E-state index contributed by atoms with van der Waals surface area (Å²) in [5, 5.41) is 9.21. The normalized spacial score (nSPS) is 10.4. The number of anilines is 2. The Kier molecular flexibility index (Phi) is 7.85. The molecule has 0 aliphatic heterocycles. The van der Waals surface area contributed by atoms with E-state index in [1.54, 1.807) is 66.7 Å². The highest BCUT2D eigenvalue weighted by Gasteiger charge is 2.12. The number of nitrogens with one attached hydrogen (secondary N) is 3. The SMILES string of the molecule is CC(=O)Nc1ccc(C(=O)N/N=C/c2cc(NC(C)=O)ccc2OC(=O)c2ccccc2)cc1. The first-order valence-corrected chi connectivity index (χ1v) is 10.2. The summed E-state index contributed by atoms with van der Waals surface area (Å²) in [4.78, 5) is 47.3. The summed E-state index contributed by atoms with van der Waals surface area (Å²) >= 11 is 0. The van der Waals surface area contributed by atoms with E-state index in [1.165, 1.54) is 26.1 Å². The van der Waals surface area contributed by atoms with E-state index in [1.807, 2.05) is 0 Å². The molecule has 3 aromatic carbocycles. The summed E-state index contributed by atoms with van der Waals surface area (Å²) in [5.41, 5.74) is 4.48. The molecule has 3 N–H and O–H groups in total. The Balaban J connectivity index is 1.76. The average Bonchev–Trinajstić information content (AvgIpc) is 2.81. The van der Waals surface area contributed by atoms with Crippen molar-refractivity contribution in [3.8, 4) is 5.75 Å². The minimum absolute atomic E-state index is 0.195. The summed E-state index contributed by atoms with van der Waals surface area (Å²) in [6.07, 6.45) is 1.31. The molecule has 0 heterocycles. The van der Waals surface area contributed by atoms with Crippen LogP contribution in [-0.2, 0) is 9.59 Å². The second-order valence-corrected chi connectivity index (χ2v) is 7.15. The van der Waals surface area contributed by atoms with Crippen LogP contribution < -0.4 is 20.8 Å². The zero-order chi connectivity index (χ0) is 24.5.